The van der Waals surface area contributed by atoms with Crippen molar-refractivity contribution in [3.8, 4) is 0 Å². The van der Waals surface area contributed by atoms with E-state index in [1.54, 1.807) is 13.0 Å². The molecular weight excluding hydrogens is 213 g/mol. The van der Waals surface area contributed by atoms with Gasteiger partial charge in [-0.15, -0.1) is 0 Å². The zero-order valence-corrected chi connectivity index (χ0v) is 12.3. The predicted octanol–water partition coefficient (Wildman–Crippen LogP) is 5.61. The summed E-state index contributed by atoms with van der Waals surface area (Å²) in [6.45, 7) is 13.4. The van der Waals surface area contributed by atoms with Crippen LogP contribution in [-0.4, -0.2) is 5.71 Å². The second-order valence-corrected chi connectivity index (χ2v) is 3.35. The van der Waals surface area contributed by atoms with Crippen molar-refractivity contribution in [2.24, 2.45) is 4.99 Å². The van der Waals surface area contributed by atoms with Crippen LogP contribution >= 0.6 is 0 Å². The van der Waals surface area contributed by atoms with E-state index in [2.05, 4.69) is 4.99 Å². The van der Waals surface area contributed by atoms with Gasteiger partial charge in [0.2, 0.25) is 0 Å². The molecule has 0 atom stereocenters. The first-order valence-electron chi connectivity index (χ1n) is 6.26. The molecule has 0 amide bonds. The van der Waals surface area contributed by atoms with Gasteiger partial charge in [-0.1, -0.05) is 32.9 Å². The Balaban J connectivity index is 0. The number of allylic oxidation sites excluding steroid dienone is 6. The third-order valence-corrected chi connectivity index (χ3v) is 2.20. The van der Waals surface area contributed by atoms with Gasteiger partial charge < -0.3 is 0 Å². The highest BCUT2D eigenvalue weighted by atomic mass is 19.1. The van der Waals surface area contributed by atoms with Gasteiger partial charge in [0.1, 0.15) is 5.83 Å². The maximum Gasteiger partial charge on any atom is 0.127 e. The molecule has 0 fully saturated rings. The van der Waals surface area contributed by atoms with Gasteiger partial charge in [0.15, 0.2) is 0 Å². The molecule has 0 unspecified atom stereocenters. The van der Waals surface area contributed by atoms with Crippen molar-refractivity contribution >= 4 is 5.71 Å². The lowest BCUT2D eigenvalue weighted by Gasteiger charge is -2.00. The summed E-state index contributed by atoms with van der Waals surface area (Å²) in [5.74, 6) is -0.206. The van der Waals surface area contributed by atoms with Crippen LogP contribution in [0.25, 0.3) is 0 Å². The third-order valence-electron chi connectivity index (χ3n) is 2.20. The van der Waals surface area contributed by atoms with Crippen LogP contribution < -0.4 is 0 Å². The van der Waals surface area contributed by atoms with E-state index >= 15 is 0 Å². The maximum atomic E-state index is 13.5. The molecule has 0 saturated heterocycles. The Hall–Kier alpha value is -1.18. The largest absolute Gasteiger partial charge is 0.258 e. The summed E-state index contributed by atoms with van der Waals surface area (Å²) in [4.78, 5) is 4.30. The van der Waals surface area contributed by atoms with E-state index in [1.807, 2.05) is 47.6 Å². The molecule has 0 N–H and O–H groups in total. The fraction of sp³-hybridized carbons (Fsp3) is 0.533. The number of nitrogens with zero attached hydrogens (tertiary/aromatic N) is 1. The average molecular weight is 239 g/mol. The maximum absolute atomic E-state index is 13.5. The first-order valence-corrected chi connectivity index (χ1v) is 6.26. The van der Waals surface area contributed by atoms with Crippen molar-refractivity contribution in [1.29, 1.82) is 0 Å². The molecule has 0 saturated carbocycles. The number of hydrogen-bond acceptors (Lipinski definition) is 1. The summed E-state index contributed by atoms with van der Waals surface area (Å²) < 4.78 is 13.5. The molecule has 17 heavy (non-hydrogen) atoms. The molecule has 0 aromatic heterocycles. The Bertz CT molecular complexity index is 320. The molecule has 0 aliphatic heterocycles. The first-order chi connectivity index (χ1) is 8.04. The zero-order valence-electron chi connectivity index (χ0n) is 12.3. The van der Waals surface area contributed by atoms with E-state index in [0.29, 0.717) is 5.57 Å². The lowest BCUT2D eigenvalue weighted by Crippen LogP contribution is -1.93. The van der Waals surface area contributed by atoms with Crippen LogP contribution in [0.3, 0.4) is 0 Å². The van der Waals surface area contributed by atoms with E-state index in [1.165, 1.54) is 6.08 Å². The van der Waals surface area contributed by atoms with Crippen molar-refractivity contribution in [2.75, 3.05) is 0 Å². The van der Waals surface area contributed by atoms with Crippen molar-refractivity contribution < 1.29 is 4.39 Å². The second kappa shape index (κ2) is 11.3. The minimum atomic E-state index is -0.206. The standard InChI is InChI=1S/C13H20FN.C2H6/c1-6-10(4)13(14)9-12(8-3)15-11(5)7-2;1-2/h6-7,9H,8H2,1-5H3;1-2H3/b10-6-,11-7-,13-9+,15-12-;. The lowest BCUT2D eigenvalue weighted by atomic mass is 10.2. The molecule has 0 radical (unpaired) electrons. The third kappa shape index (κ3) is 8.61. The molecule has 98 valence electrons. The highest BCUT2D eigenvalue weighted by Gasteiger charge is 1.99. The van der Waals surface area contributed by atoms with Crippen LogP contribution in [0, 0.1) is 0 Å². The quantitative estimate of drug-likeness (QED) is 0.447. The summed E-state index contributed by atoms with van der Waals surface area (Å²) in [5.41, 5.74) is 2.33. The summed E-state index contributed by atoms with van der Waals surface area (Å²) in [7, 11) is 0. The molecular formula is C15H26FN. The van der Waals surface area contributed by atoms with Crippen LogP contribution in [0.15, 0.2) is 40.3 Å². The van der Waals surface area contributed by atoms with Crippen molar-refractivity contribution in [3.05, 3.63) is 35.3 Å². The van der Waals surface area contributed by atoms with Gasteiger partial charge in [-0.3, -0.25) is 4.99 Å². The minimum absolute atomic E-state index is 0.206. The molecule has 0 spiro atoms. The van der Waals surface area contributed by atoms with E-state index in [4.69, 9.17) is 0 Å². The topological polar surface area (TPSA) is 12.4 Å². The van der Waals surface area contributed by atoms with Crippen molar-refractivity contribution in [1.82, 2.24) is 0 Å². The number of aliphatic imine (C=N–C) groups is 1. The van der Waals surface area contributed by atoms with E-state index < -0.39 is 0 Å². The molecule has 0 bridgehead atoms. The molecule has 0 heterocycles. The van der Waals surface area contributed by atoms with Gasteiger partial charge in [0, 0.05) is 11.4 Å². The van der Waals surface area contributed by atoms with Gasteiger partial charge in [-0.25, -0.2) is 4.39 Å². The molecule has 1 nitrogen and oxygen atoms in total. The monoisotopic (exact) mass is 239 g/mol. The SMILES string of the molecule is CC.C\C=C(C)/N=C(\C=C(F)/C(C)=C\C)CC. The van der Waals surface area contributed by atoms with Crippen molar-refractivity contribution in [2.45, 2.75) is 54.9 Å². The first kappa shape index (κ1) is 18.2. The average Bonchev–Trinajstić information content (AvgIpc) is 2.38. The van der Waals surface area contributed by atoms with E-state index in [0.717, 1.165) is 17.8 Å². The van der Waals surface area contributed by atoms with Gasteiger partial charge >= 0.3 is 0 Å². The van der Waals surface area contributed by atoms with Crippen LogP contribution in [0.4, 0.5) is 4.39 Å². The second-order valence-electron chi connectivity index (χ2n) is 3.35. The molecule has 0 aromatic rings. The Labute approximate surface area is 106 Å². The van der Waals surface area contributed by atoms with E-state index in [-0.39, 0.29) is 5.83 Å². The van der Waals surface area contributed by atoms with Crippen LogP contribution in [-0.2, 0) is 0 Å². The Morgan fingerprint density at radius 1 is 1.12 bits per heavy atom. The highest BCUT2D eigenvalue weighted by Crippen LogP contribution is 2.11. The highest BCUT2D eigenvalue weighted by molar-refractivity contribution is 5.96. The molecule has 0 aliphatic rings. The predicted molar refractivity (Wildman–Crippen MR) is 77.1 cm³/mol. The normalized spacial score (nSPS) is 14.4. The lowest BCUT2D eigenvalue weighted by molar-refractivity contribution is 0.652. The number of halogens is 1. The molecule has 0 rings (SSSR count). The fourth-order valence-corrected chi connectivity index (χ4v) is 0.902. The van der Waals surface area contributed by atoms with Gasteiger partial charge in [-0.05, 0) is 45.8 Å². The van der Waals surface area contributed by atoms with Crippen LogP contribution in [0.5, 0.6) is 0 Å². The summed E-state index contributed by atoms with van der Waals surface area (Å²) in [6, 6.07) is 0. The van der Waals surface area contributed by atoms with Gasteiger partial charge in [0.25, 0.3) is 0 Å². The summed E-state index contributed by atoms with van der Waals surface area (Å²) >= 11 is 0. The van der Waals surface area contributed by atoms with Crippen LogP contribution in [0.1, 0.15) is 54.9 Å². The van der Waals surface area contributed by atoms with Crippen LogP contribution in [0.2, 0.25) is 0 Å². The smallest absolute Gasteiger partial charge is 0.127 e. The van der Waals surface area contributed by atoms with Crippen molar-refractivity contribution in [3.63, 3.8) is 0 Å². The zero-order chi connectivity index (χ0) is 13.8. The summed E-state index contributed by atoms with van der Waals surface area (Å²) in [6.07, 6.45) is 5.89. The summed E-state index contributed by atoms with van der Waals surface area (Å²) in [5, 5.41) is 0. The number of rotatable bonds is 4. The van der Waals surface area contributed by atoms with Gasteiger partial charge in [0.05, 0.1) is 0 Å². The molecule has 0 aliphatic carbocycles. The Kier molecular flexibility index (Phi) is 12.1. The fourth-order valence-electron chi connectivity index (χ4n) is 0.902. The van der Waals surface area contributed by atoms with E-state index in [9.17, 15) is 4.39 Å². The Morgan fingerprint density at radius 3 is 2.00 bits per heavy atom. The number of hydrogen-bond donors (Lipinski definition) is 0. The Morgan fingerprint density at radius 2 is 1.65 bits per heavy atom. The minimum Gasteiger partial charge on any atom is -0.258 e. The van der Waals surface area contributed by atoms with Gasteiger partial charge in [-0.2, -0.15) is 0 Å². The molecule has 0 aromatic carbocycles. The molecule has 2 heteroatoms.